The molecule has 1 aromatic heterocycles. The number of benzene rings is 1. The predicted molar refractivity (Wildman–Crippen MR) is 89.4 cm³/mol. The molecule has 1 aromatic carbocycles. The van der Waals surface area contributed by atoms with Crippen LogP contribution in [0.4, 0.5) is 19.0 Å². The summed E-state index contributed by atoms with van der Waals surface area (Å²) in [5.74, 6) is 0.290. The number of alkyl halides is 3. The number of hydrogen-bond acceptors (Lipinski definition) is 3. The summed E-state index contributed by atoms with van der Waals surface area (Å²) in [5.41, 5.74) is 1.88. The fraction of sp³-hybridized carbons (Fsp3) is 0.222. The van der Waals surface area contributed by atoms with Gasteiger partial charge >= 0.3 is 6.18 Å². The fourth-order valence-corrected chi connectivity index (χ4v) is 2.28. The van der Waals surface area contributed by atoms with Crippen molar-refractivity contribution in [1.29, 1.82) is 0 Å². The second-order valence-electron chi connectivity index (χ2n) is 5.43. The van der Waals surface area contributed by atoms with Crippen LogP contribution in [0.3, 0.4) is 0 Å². The molecule has 2 aromatic rings. The highest BCUT2D eigenvalue weighted by Crippen LogP contribution is 2.28. The molecule has 1 amide bonds. The van der Waals surface area contributed by atoms with E-state index in [0.717, 1.165) is 34.6 Å². The van der Waals surface area contributed by atoms with Gasteiger partial charge in [-0.3, -0.25) is 4.79 Å². The molecule has 0 fully saturated rings. The molecule has 7 heteroatoms. The molecule has 0 bridgehead atoms. The first-order valence-corrected chi connectivity index (χ1v) is 7.38. The Bertz CT molecular complexity index is 774. The number of halogens is 3. The van der Waals surface area contributed by atoms with Crippen LogP contribution in [0, 0.1) is 13.8 Å². The zero-order valence-corrected chi connectivity index (χ0v) is 13.9. The van der Waals surface area contributed by atoms with Gasteiger partial charge in [-0.1, -0.05) is 0 Å². The zero-order chi connectivity index (χ0) is 18.6. The first kappa shape index (κ1) is 18.5. The summed E-state index contributed by atoms with van der Waals surface area (Å²) < 4.78 is 42.6. The van der Waals surface area contributed by atoms with Crippen molar-refractivity contribution in [2.45, 2.75) is 20.0 Å². The van der Waals surface area contributed by atoms with Crippen LogP contribution in [-0.4, -0.2) is 18.0 Å². The molecule has 0 aliphatic heterocycles. The lowest BCUT2D eigenvalue weighted by molar-refractivity contribution is -0.137. The monoisotopic (exact) mass is 350 g/mol. The molecule has 0 saturated heterocycles. The molecule has 1 heterocycles. The number of methoxy groups -OCH3 is 1. The minimum absolute atomic E-state index is 0.0471. The van der Waals surface area contributed by atoms with Crippen molar-refractivity contribution in [3.8, 4) is 5.75 Å². The zero-order valence-electron chi connectivity index (χ0n) is 13.9. The minimum Gasteiger partial charge on any atom is -0.497 e. The smallest absolute Gasteiger partial charge is 0.417 e. The van der Waals surface area contributed by atoms with Crippen LogP contribution >= 0.6 is 0 Å². The number of aromatic nitrogens is 1. The standard InChI is InChI=1S/C18H17F3N2O2/c1-11-8-14(25-3)9-12(2)15(11)5-7-17(24)23-16-6-4-13(10-22-16)18(19,20)21/h4-10H,1-3H3,(H,22,23,24)/b7-5+. The van der Waals surface area contributed by atoms with Crippen molar-refractivity contribution >= 4 is 17.8 Å². The Morgan fingerprint density at radius 1 is 1.20 bits per heavy atom. The van der Waals surface area contributed by atoms with Crippen LogP contribution in [0.25, 0.3) is 6.08 Å². The molecule has 0 atom stereocenters. The van der Waals surface area contributed by atoms with E-state index < -0.39 is 17.6 Å². The van der Waals surface area contributed by atoms with Crippen LogP contribution in [0.2, 0.25) is 0 Å². The van der Waals surface area contributed by atoms with Crippen LogP contribution in [0.1, 0.15) is 22.3 Å². The molecule has 4 nitrogen and oxygen atoms in total. The quantitative estimate of drug-likeness (QED) is 0.833. The number of rotatable bonds is 4. The molecule has 0 spiro atoms. The summed E-state index contributed by atoms with van der Waals surface area (Å²) in [6.45, 7) is 3.79. The van der Waals surface area contributed by atoms with E-state index >= 15 is 0 Å². The average molecular weight is 350 g/mol. The van der Waals surface area contributed by atoms with Crippen molar-refractivity contribution in [1.82, 2.24) is 4.98 Å². The van der Waals surface area contributed by atoms with E-state index in [1.54, 1.807) is 13.2 Å². The lowest BCUT2D eigenvalue weighted by atomic mass is 10.0. The second-order valence-corrected chi connectivity index (χ2v) is 5.43. The summed E-state index contributed by atoms with van der Waals surface area (Å²) in [5, 5.41) is 2.42. The lowest BCUT2D eigenvalue weighted by Gasteiger charge is -2.09. The van der Waals surface area contributed by atoms with Gasteiger partial charge < -0.3 is 10.1 Å². The largest absolute Gasteiger partial charge is 0.497 e. The van der Waals surface area contributed by atoms with Gasteiger partial charge in [0.25, 0.3) is 0 Å². The highest BCUT2D eigenvalue weighted by molar-refractivity contribution is 6.01. The number of aryl methyl sites for hydroxylation is 2. The van der Waals surface area contributed by atoms with Crippen molar-refractivity contribution < 1.29 is 22.7 Å². The van der Waals surface area contributed by atoms with Crippen LogP contribution in [0.5, 0.6) is 5.75 Å². The third-order valence-electron chi connectivity index (χ3n) is 3.55. The van der Waals surface area contributed by atoms with E-state index in [4.69, 9.17) is 4.74 Å². The highest BCUT2D eigenvalue weighted by atomic mass is 19.4. The van der Waals surface area contributed by atoms with Gasteiger partial charge in [-0.2, -0.15) is 13.2 Å². The number of carbonyl (C=O) groups excluding carboxylic acids is 1. The van der Waals surface area contributed by atoms with Gasteiger partial charge in [-0.05, 0) is 60.9 Å². The molecule has 1 N–H and O–H groups in total. The number of nitrogens with one attached hydrogen (secondary N) is 1. The van der Waals surface area contributed by atoms with Crippen molar-refractivity contribution in [2.24, 2.45) is 0 Å². The Balaban J connectivity index is 2.09. The van der Waals surface area contributed by atoms with E-state index in [2.05, 4.69) is 10.3 Å². The number of pyridine rings is 1. The van der Waals surface area contributed by atoms with Gasteiger partial charge in [0.2, 0.25) is 5.91 Å². The molecule has 0 radical (unpaired) electrons. The van der Waals surface area contributed by atoms with Gasteiger partial charge in [-0.25, -0.2) is 4.98 Å². The maximum absolute atomic E-state index is 12.5. The van der Waals surface area contributed by atoms with E-state index in [0.29, 0.717) is 6.20 Å². The maximum atomic E-state index is 12.5. The number of hydrogen-bond donors (Lipinski definition) is 1. The first-order valence-electron chi connectivity index (χ1n) is 7.38. The van der Waals surface area contributed by atoms with Crippen molar-refractivity contribution in [3.63, 3.8) is 0 Å². The van der Waals surface area contributed by atoms with E-state index in [1.807, 2.05) is 26.0 Å². The third-order valence-corrected chi connectivity index (χ3v) is 3.55. The molecule has 25 heavy (non-hydrogen) atoms. The Morgan fingerprint density at radius 3 is 2.32 bits per heavy atom. The molecule has 0 aliphatic rings. The topological polar surface area (TPSA) is 51.2 Å². The first-order chi connectivity index (χ1) is 11.7. The average Bonchev–Trinajstić information content (AvgIpc) is 2.53. The molecule has 2 rings (SSSR count). The van der Waals surface area contributed by atoms with Gasteiger partial charge in [0.05, 0.1) is 12.7 Å². The number of nitrogens with zero attached hydrogens (tertiary/aromatic N) is 1. The van der Waals surface area contributed by atoms with Gasteiger partial charge in [0.15, 0.2) is 0 Å². The van der Waals surface area contributed by atoms with E-state index in [1.165, 1.54) is 6.08 Å². The summed E-state index contributed by atoms with van der Waals surface area (Å²) >= 11 is 0. The Hall–Kier alpha value is -2.83. The highest BCUT2D eigenvalue weighted by Gasteiger charge is 2.30. The van der Waals surface area contributed by atoms with E-state index in [-0.39, 0.29) is 5.82 Å². The Labute approximate surface area is 143 Å². The van der Waals surface area contributed by atoms with E-state index in [9.17, 15) is 18.0 Å². The normalized spacial score (nSPS) is 11.6. The summed E-state index contributed by atoms with van der Waals surface area (Å²) in [7, 11) is 1.58. The second kappa shape index (κ2) is 7.38. The summed E-state index contributed by atoms with van der Waals surface area (Å²) in [4.78, 5) is 15.5. The number of anilines is 1. The molecular weight excluding hydrogens is 333 g/mol. The Morgan fingerprint density at radius 2 is 1.84 bits per heavy atom. The van der Waals surface area contributed by atoms with Crippen LogP contribution < -0.4 is 10.1 Å². The van der Waals surface area contributed by atoms with Crippen LogP contribution in [-0.2, 0) is 11.0 Å². The Kier molecular flexibility index (Phi) is 5.46. The number of ether oxygens (including phenoxy) is 1. The minimum atomic E-state index is -4.46. The lowest BCUT2D eigenvalue weighted by Crippen LogP contribution is -2.11. The van der Waals surface area contributed by atoms with Gasteiger partial charge in [0.1, 0.15) is 11.6 Å². The summed E-state index contributed by atoms with van der Waals surface area (Å²) in [6, 6.07) is 5.67. The fourth-order valence-electron chi connectivity index (χ4n) is 2.28. The van der Waals surface area contributed by atoms with Gasteiger partial charge in [-0.15, -0.1) is 0 Å². The molecule has 0 unspecified atom stereocenters. The molecular formula is C18H17F3N2O2. The number of carbonyl (C=O) groups is 1. The third kappa shape index (κ3) is 4.82. The van der Waals surface area contributed by atoms with Crippen molar-refractivity contribution in [3.05, 3.63) is 58.8 Å². The molecule has 132 valence electrons. The predicted octanol–water partition coefficient (Wildman–Crippen LogP) is 4.38. The van der Waals surface area contributed by atoms with Gasteiger partial charge in [0, 0.05) is 12.3 Å². The SMILES string of the molecule is COc1cc(C)c(/C=C/C(=O)Nc2ccc(C(F)(F)F)cn2)c(C)c1. The van der Waals surface area contributed by atoms with Crippen LogP contribution in [0.15, 0.2) is 36.5 Å². The molecule has 0 saturated carbocycles. The number of amides is 1. The maximum Gasteiger partial charge on any atom is 0.417 e. The summed E-state index contributed by atoms with van der Waals surface area (Å²) in [6.07, 6.45) is -0.833. The van der Waals surface area contributed by atoms with Crippen molar-refractivity contribution in [2.75, 3.05) is 12.4 Å². The molecule has 0 aliphatic carbocycles.